The molecule has 0 aliphatic carbocycles. The number of aromatic amines is 1. The van der Waals surface area contributed by atoms with E-state index in [2.05, 4.69) is 20.4 Å². The summed E-state index contributed by atoms with van der Waals surface area (Å²) in [5, 5.41) is 7.05. The summed E-state index contributed by atoms with van der Waals surface area (Å²) in [6.45, 7) is 7.04. The van der Waals surface area contributed by atoms with E-state index in [1.54, 1.807) is 32.9 Å². The molecule has 140 valence electrons. The Bertz CT molecular complexity index is 1050. The Balaban J connectivity index is 1.78. The van der Waals surface area contributed by atoms with Crippen LogP contribution in [0.4, 0.5) is 5.82 Å². The van der Waals surface area contributed by atoms with E-state index in [4.69, 9.17) is 4.74 Å². The lowest BCUT2D eigenvalue weighted by molar-refractivity contribution is -0.118. The Kier molecular flexibility index (Phi) is 5.07. The molecule has 0 saturated carbocycles. The van der Waals surface area contributed by atoms with E-state index in [-0.39, 0.29) is 24.0 Å². The topological polar surface area (TPSA) is 102 Å². The molecular formula is C19H21N5O3. The van der Waals surface area contributed by atoms with Gasteiger partial charge < -0.3 is 10.1 Å². The zero-order valence-corrected chi connectivity index (χ0v) is 15.7. The van der Waals surface area contributed by atoms with Crippen LogP contribution in [0, 0.1) is 27.7 Å². The van der Waals surface area contributed by atoms with Crippen molar-refractivity contribution in [2.24, 2.45) is 0 Å². The van der Waals surface area contributed by atoms with Gasteiger partial charge in [0.05, 0.1) is 5.69 Å². The summed E-state index contributed by atoms with van der Waals surface area (Å²) >= 11 is 0. The zero-order chi connectivity index (χ0) is 19.6. The molecule has 1 aromatic carbocycles. The maximum absolute atomic E-state index is 12.3. The summed E-state index contributed by atoms with van der Waals surface area (Å²) in [4.78, 5) is 31.3. The van der Waals surface area contributed by atoms with Crippen LogP contribution >= 0.6 is 0 Å². The predicted molar refractivity (Wildman–Crippen MR) is 101 cm³/mol. The van der Waals surface area contributed by atoms with Crippen LogP contribution in [-0.2, 0) is 4.79 Å². The van der Waals surface area contributed by atoms with Crippen LogP contribution in [0.5, 0.6) is 5.75 Å². The van der Waals surface area contributed by atoms with E-state index in [1.807, 2.05) is 25.1 Å². The number of benzene rings is 1. The number of nitrogens with one attached hydrogen (secondary N) is 2. The second-order valence-electron chi connectivity index (χ2n) is 6.34. The quantitative estimate of drug-likeness (QED) is 0.720. The number of hydrogen-bond donors (Lipinski definition) is 2. The standard InChI is InChI=1S/C19H21N5O3/c1-11-6-5-7-15(8-11)27-10-17(25)21-16-9-12(2)23-24(16)19-20-14(4)13(3)18(26)22-19/h5-9H,10H2,1-4H3,(H,21,25)(H,20,22,26). The minimum atomic E-state index is -0.344. The molecule has 2 aromatic heterocycles. The van der Waals surface area contributed by atoms with Crippen LogP contribution < -0.4 is 15.6 Å². The number of rotatable bonds is 5. The van der Waals surface area contributed by atoms with Crippen molar-refractivity contribution in [3.8, 4) is 11.7 Å². The maximum Gasteiger partial charge on any atom is 0.263 e. The molecule has 8 nitrogen and oxygen atoms in total. The van der Waals surface area contributed by atoms with E-state index < -0.39 is 0 Å². The molecule has 0 unspecified atom stereocenters. The van der Waals surface area contributed by atoms with Crippen molar-refractivity contribution >= 4 is 11.7 Å². The third-order valence-corrected chi connectivity index (χ3v) is 4.04. The van der Waals surface area contributed by atoms with E-state index >= 15 is 0 Å². The molecule has 0 radical (unpaired) electrons. The number of hydrogen-bond acceptors (Lipinski definition) is 5. The highest BCUT2D eigenvalue weighted by Crippen LogP contribution is 2.15. The SMILES string of the molecule is Cc1cccc(OCC(=O)Nc2cc(C)nn2-c2nc(C)c(C)c(=O)[nH]2)c1. The van der Waals surface area contributed by atoms with Gasteiger partial charge in [0, 0.05) is 17.3 Å². The monoisotopic (exact) mass is 367 g/mol. The molecule has 0 aliphatic rings. The van der Waals surface area contributed by atoms with Gasteiger partial charge in [-0.1, -0.05) is 12.1 Å². The van der Waals surface area contributed by atoms with Crippen molar-refractivity contribution in [3.05, 3.63) is 63.2 Å². The van der Waals surface area contributed by atoms with Gasteiger partial charge in [-0.3, -0.25) is 14.6 Å². The van der Waals surface area contributed by atoms with Gasteiger partial charge in [0.15, 0.2) is 6.61 Å². The van der Waals surface area contributed by atoms with Crippen molar-refractivity contribution in [2.45, 2.75) is 27.7 Å². The number of ether oxygens (including phenoxy) is 1. The van der Waals surface area contributed by atoms with Crippen molar-refractivity contribution in [1.82, 2.24) is 19.7 Å². The predicted octanol–water partition coefficient (Wildman–Crippen LogP) is 2.21. The summed E-state index contributed by atoms with van der Waals surface area (Å²) in [6.07, 6.45) is 0. The molecule has 8 heteroatoms. The van der Waals surface area contributed by atoms with Gasteiger partial charge in [-0.15, -0.1) is 0 Å². The van der Waals surface area contributed by atoms with E-state index in [0.29, 0.717) is 28.5 Å². The van der Waals surface area contributed by atoms with Crippen LogP contribution in [-0.4, -0.2) is 32.3 Å². The minimum absolute atomic E-state index is 0.148. The highest BCUT2D eigenvalue weighted by molar-refractivity contribution is 5.91. The van der Waals surface area contributed by atoms with E-state index in [1.165, 1.54) is 4.68 Å². The van der Waals surface area contributed by atoms with Crippen molar-refractivity contribution in [2.75, 3.05) is 11.9 Å². The summed E-state index contributed by atoms with van der Waals surface area (Å²) < 4.78 is 6.91. The molecule has 1 amide bonds. The summed E-state index contributed by atoms with van der Waals surface area (Å²) in [6, 6.07) is 9.15. The molecule has 0 spiro atoms. The van der Waals surface area contributed by atoms with Gasteiger partial charge in [0.25, 0.3) is 11.5 Å². The van der Waals surface area contributed by atoms with Crippen molar-refractivity contribution < 1.29 is 9.53 Å². The maximum atomic E-state index is 12.3. The minimum Gasteiger partial charge on any atom is -0.484 e. The Labute approximate surface area is 156 Å². The Hall–Kier alpha value is -3.42. The lowest BCUT2D eigenvalue weighted by Crippen LogP contribution is -2.23. The van der Waals surface area contributed by atoms with Gasteiger partial charge in [-0.05, 0) is 45.4 Å². The fraction of sp³-hybridized carbons (Fsp3) is 0.263. The van der Waals surface area contributed by atoms with Crippen LogP contribution in [0.2, 0.25) is 0 Å². The molecule has 3 aromatic rings. The zero-order valence-electron chi connectivity index (χ0n) is 15.7. The Morgan fingerprint density at radius 3 is 2.70 bits per heavy atom. The van der Waals surface area contributed by atoms with Crippen LogP contribution in [0.25, 0.3) is 5.95 Å². The molecular weight excluding hydrogens is 346 g/mol. The summed E-state index contributed by atoms with van der Waals surface area (Å²) in [7, 11) is 0. The molecule has 0 fully saturated rings. The van der Waals surface area contributed by atoms with Gasteiger partial charge in [0.1, 0.15) is 11.6 Å². The van der Waals surface area contributed by atoms with Crippen molar-refractivity contribution in [3.63, 3.8) is 0 Å². The number of carbonyl (C=O) groups excluding carboxylic acids is 1. The molecule has 2 heterocycles. The third-order valence-electron chi connectivity index (χ3n) is 4.04. The Morgan fingerprint density at radius 1 is 1.22 bits per heavy atom. The third kappa shape index (κ3) is 4.22. The molecule has 0 bridgehead atoms. The number of anilines is 1. The fourth-order valence-electron chi connectivity index (χ4n) is 2.51. The van der Waals surface area contributed by atoms with Crippen LogP contribution in [0.3, 0.4) is 0 Å². The molecule has 27 heavy (non-hydrogen) atoms. The first-order valence-corrected chi connectivity index (χ1v) is 8.47. The second-order valence-corrected chi connectivity index (χ2v) is 6.34. The molecule has 0 atom stereocenters. The number of carbonyl (C=O) groups is 1. The fourth-order valence-corrected chi connectivity index (χ4v) is 2.51. The van der Waals surface area contributed by atoms with Gasteiger partial charge in [0.2, 0.25) is 5.95 Å². The normalized spacial score (nSPS) is 10.7. The lowest BCUT2D eigenvalue weighted by Gasteiger charge is -2.10. The molecule has 0 aliphatic heterocycles. The average Bonchev–Trinajstić information content (AvgIpc) is 2.98. The first kappa shape index (κ1) is 18.4. The van der Waals surface area contributed by atoms with Gasteiger partial charge >= 0.3 is 0 Å². The van der Waals surface area contributed by atoms with Crippen LogP contribution in [0.1, 0.15) is 22.5 Å². The smallest absolute Gasteiger partial charge is 0.263 e. The summed E-state index contributed by atoms with van der Waals surface area (Å²) in [5.74, 6) is 0.918. The average molecular weight is 367 g/mol. The number of amides is 1. The molecule has 2 N–H and O–H groups in total. The van der Waals surface area contributed by atoms with E-state index in [0.717, 1.165) is 5.56 Å². The van der Waals surface area contributed by atoms with E-state index in [9.17, 15) is 9.59 Å². The van der Waals surface area contributed by atoms with Gasteiger partial charge in [-0.25, -0.2) is 4.98 Å². The van der Waals surface area contributed by atoms with Crippen LogP contribution in [0.15, 0.2) is 35.1 Å². The highest BCUT2D eigenvalue weighted by Gasteiger charge is 2.14. The number of nitrogens with zero attached hydrogens (tertiary/aromatic N) is 3. The summed E-state index contributed by atoms with van der Waals surface area (Å²) in [5.41, 5.74) is 2.62. The largest absolute Gasteiger partial charge is 0.484 e. The van der Waals surface area contributed by atoms with Crippen molar-refractivity contribution in [1.29, 1.82) is 0 Å². The van der Waals surface area contributed by atoms with Gasteiger partial charge in [-0.2, -0.15) is 9.78 Å². The number of aryl methyl sites for hydroxylation is 3. The first-order chi connectivity index (χ1) is 12.8. The number of H-pyrrole nitrogens is 1. The lowest BCUT2D eigenvalue weighted by atomic mass is 10.2. The molecule has 3 rings (SSSR count). The Morgan fingerprint density at radius 2 is 2.00 bits per heavy atom. The highest BCUT2D eigenvalue weighted by atomic mass is 16.5. The molecule has 0 saturated heterocycles. The first-order valence-electron chi connectivity index (χ1n) is 8.47. The number of aromatic nitrogens is 4. The second kappa shape index (κ2) is 7.45.